The molecule has 11 heteroatoms. The number of amides is 1. The Labute approximate surface area is 187 Å². The average Bonchev–Trinajstić information content (AvgIpc) is 2.77. The van der Waals surface area contributed by atoms with Crippen LogP contribution in [0.15, 0.2) is 58.3 Å². The molecule has 1 heterocycles. The molecule has 1 atom stereocenters. The summed E-state index contributed by atoms with van der Waals surface area (Å²) in [5.41, 5.74) is 0.944. The molecule has 174 valence electrons. The zero-order valence-corrected chi connectivity index (χ0v) is 19.3. The van der Waals surface area contributed by atoms with Crippen LogP contribution < -0.4 is 10.0 Å². The van der Waals surface area contributed by atoms with Gasteiger partial charge in [0.2, 0.25) is 26.0 Å². The highest BCUT2D eigenvalue weighted by atomic mass is 32.2. The lowest BCUT2D eigenvalue weighted by Gasteiger charge is -2.31. The van der Waals surface area contributed by atoms with Crippen molar-refractivity contribution in [2.75, 3.05) is 26.2 Å². The number of hydrogen-bond donors (Lipinski definition) is 2. The summed E-state index contributed by atoms with van der Waals surface area (Å²) in [6.45, 7) is 2.23. The van der Waals surface area contributed by atoms with Crippen LogP contribution in [-0.4, -0.2) is 53.2 Å². The molecular formula is C21H26FN3O5S2. The molecule has 0 saturated carbocycles. The summed E-state index contributed by atoms with van der Waals surface area (Å²) in [6.07, 6.45) is 1.04. The minimum atomic E-state index is -3.83. The van der Waals surface area contributed by atoms with Gasteiger partial charge in [0.1, 0.15) is 5.82 Å². The number of halogens is 1. The van der Waals surface area contributed by atoms with Crippen molar-refractivity contribution in [3.8, 4) is 0 Å². The first-order valence-electron chi connectivity index (χ1n) is 10.2. The lowest BCUT2D eigenvalue weighted by Crippen LogP contribution is -2.46. The van der Waals surface area contributed by atoms with Gasteiger partial charge in [-0.25, -0.2) is 25.9 Å². The number of piperidine rings is 1. The van der Waals surface area contributed by atoms with E-state index in [0.717, 1.165) is 17.7 Å². The Morgan fingerprint density at radius 1 is 1.00 bits per heavy atom. The second kappa shape index (κ2) is 10.1. The Kier molecular flexibility index (Phi) is 7.65. The number of carbonyl (C=O) groups excluding carboxylic acids is 1. The number of sulfonamides is 2. The van der Waals surface area contributed by atoms with Crippen LogP contribution in [0.25, 0.3) is 0 Å². The monoisotopic (exact) mass is 483 g/mol. The van der Waals surface area contributed by atoms with Gasteiger partial charge in [0.15, 0.2) is 0 Å². The molecule has 8 nitrogen and oxygen atoms in total. The topological polar surface area (TPSA) is 113 Å². The Morgan fingerprint density at radius 3 is 2.28 bits per heavy atom. The first-order valence-corrected chi connectivity index (χ1v) is 13.1. The van der Waals surface area contributed by atoms with Crippen molar-refractivity contribution >= 4 is 26.0 Å². The van der Waals surface area contributed by atoms with Crippen LogP contribution in [0, 0.1) is 18.7 Å². The van der Waals surface area contributed by atoms with Crippen LogP contribution in [0.2, 0.25) is 0 Å². The molecule has 1 fully saturated rings. The maximum absolute atomic E-state index is 13.1. The largest absolute Gasteiger partial charge is 0.355 e. The van der Waals surface area contributed by atoms with Crippen molar-refractivity contribution in [3.05, 3.63) is 59.9 Å². The molecule has 32 heavy (non-hydrogen) atoms. The van der Waals surface area contributed by atoms with Gasteiger partial charge in [-0.3, -0.25) is 4.79 Å². The highest BCUT2D eigenvalue weighted by molar-refractivity contribution is 7.89. The number of carbonyl (C=O) groups is 1. The van der Waals surface area contributed by atoms with Crippen molar-refractivity contribution < 1.29 is 26.0 Å². The third-order valence-electron chi connectivity index (χ3n) is 5.25. The lowest BCUT2D eigenvalue weighted by atomic mass is 9.99. The first kappa shape index (κ1) is 24.3. The summed E-state index contributed by atoms with van der Waals surface area (Å²) in [7, 11) is -7.51. The normalized spacial score (nSPS) is 17.8. The standard InChI is InChI=1S/C21H26FN3O5S2/c1-16-4-8-19(9-5-16)31(27,28)24-13-12-23-21(26)17-3-2-14-25(15-17)32(29,30)20-10-6-18(22)7-11-20/h4-11,17,24H,2-3,12-15H2,1H3,(H,23,26)/t17-/m0/s1. The molecule has 2 N–H and O–H groups in total. The van der Waals surface area contributed by atoms with E-state index in [1.54, 1.807) is 12.1 Å². The molecule has 1 aliphatic rings. The predicted molar refractivity (Wildman–Crippen MR) is 117 cm³/mol. The Morgan fingerprint density at radius 2 is 1.62 bits per heavy atom. The van der Waals surface area contributed by atoms with Gasteiger partial charge < -0.3 is 5.32 Å². The minimum Gasteiger partial charge on any atom is -0.355 e. The molecule has 3 rings (SSSR count). The van der Waals surface area contributed by atoms with E-state index in [2.05, 4.69) is 10.0 Å². The molecule has 0 aromatic heterocycles. The molecule has 2 aromatic rings. The van der Waals surface area contributed by atoms with Crippen LogP contribution in [-0.2, 0) is 24.8 Å². The number of aryl methyl sites for hydroxylation is 1. The van der Waals surface area contributed by atoms with E-state index in [0.29, 0.717) is 12.8 Å². The van der Waals surface area contributed by atoms with Crippen LogP contribution in [0.5, 0.6) is 0 Å². The number of nitrogens with one attached hydrogen (secondary N) is 2. The average molecular weight is 484 g/mol. The van der Waals surface area contributed by atoms with Gasteiger partial charge in [-0.05, 0) is 56.2 Å². The van der Waals surface area contributed by atoms with E-state index in [1.165, 1.54) is 28.6 Å². The fraction of sp³-hybridized carbons (Fsp3) is 0.381. The van der Waals surface area contributed by atoms with Gasteiger partial charge in [-0.1, -0.05) is 17.7 Å². The second-order valence-corrected chi connectivity index (χ2v) is 11.4. The van der Waals surface area contributed by atoms with Crippen LogP contribution in [0.4, 0.5) is 4.39 Å². The molecular weight excluding hydrogens is 457 g/mol. The third kappa shape index (κ3) is 5.91. The van der Waals surface area contributed by atoms with Crippen molar-refractivity contribution in [3.63, 3.8) is 0 Å². The maximum Gasteiger partial charge on any atom is 0.243 e. The molecule has 0 radical (unpaired) electrons. The van der Waals surface area contributed by atoms with Crippen molar-refractivity contribution in [2.45, 2.75) is 29.6 Å². The quantitative estimate of drug-likeness (QED) is 0.554. The Hall–Kier alpha value is -2.34. The smallest absolute Gasteiger partial charge is 0.243 e. The summed E-state index contributed by atoms with van der Waals surface area (Å²) in [5, 5.41) is 2.67. The fourth-order valence-corrected chi connectivity index (χ4v) is 6.00. The van der Waals surface area contributed by atoms with Gasteiger partial charge in [0.05, 0.1) is 15.7 Å². The predicted octanol–water partition coefficient (Wildman–Crippen LogP) is 1.63. The summed E-state index contributed by atoms with van der Waals surface area (Å²) >= 11 is 0. The van der Waals surface area contributed by atoms with Crippen molar-refractivity contribution in [1.29, 1.82) is 0 Å². The molecule has 0 bridgehead atoms. The summed E-state index contributed by atoms with van der Waals surface area (Å²) in [4.78, 5) is 12.6. The fourth-order valence-electron chi connectivity index (χ4n) is 3.45. The molecule has 0 unspecified atom stereocenters. The van der Waals surface area contributed by atoms with Crippen molar-refractivity contribution in [2.24, 2.45) is 5.92 Å². The van der Waals surface area contributed by atoms with Gasteiger partial charge >= 0.3 is 0 Å². The molecule has 1 saturated heterocycles. The second-order valence-electron chi connectivity index (χ2n) is 7.66. The Balaban J connectivity index is 1.52. The van der Waals surface area contributed by atoms with Gasteiger partial charge in [0, 0.05) is 26.2 Å². The number of benzene rings is 2. The maximum atomic E-state index is 13.1. The highest BCUT2D eigenvalue weighted by Gasteiger charge is 2.33. The summed E-state index contributed by atoms with van der Waals surface area (Å²) < 4.78 is 66.9. The highest BCUT2D eigenvalue weighted by Crippen LogP contribution is 2.24. The number of hydrogen-bond acceptors (Lipinski definition) is 5. The molecule has 2 aromatic carbocycles. The van der Waals surface area contributed by atoms with E-state index in [9.17, 15) is 26.0 Å². The van der Waals surface area contributed by atoms with Gasteiger partial charge in [0.25, 0.3) is 0 Å². The Bertz CT molecular complexity index is 1150. The lowest BCUT2D eigenvalue weighted by molar-refractivity contribution is -0.126. The summed E-state index contributed by atoms with van der Waals surface area (Å²) in [5.74, 6) is -1.41. The third-order valence-corrected chi connectivity index (χ3v) is 8.61. The van der Waals surface area contributed by atoms with Crippen LogP contribution >= 0.6 is 0 Å². The summed E-state index contributed by atoms with van der Waals surface area (Å²) in [6, 6.07) is 11.0. The molecule has 1 aliphatic heterocycles. The SMILES string of the molecule is Cc1ccc(S(=O)(=O)NCCNC(=O)[C@H]2CCCN(S(=O)(=O)c3ccc(F)cc3)C2)cc1. The van der Waals surface area contributed by atoms with E-state index in [4.69, 9.17) is 0 Å². The van der Waals surface area contributed by atoms with Crippen LogP contribution in [0.3, 0.4) is 0 Å². The van der Waals surface area contributed by atoms with E-state index in [1.807, 2.05) is 6.92 Å². The van der Waals surface area contributed by atoms with E-state index in [-0.39, 0.29) is 41.9 Å². The molecule has 0 spiro atoms. The first-order chi connectivity index (χ1) is 15.1. The number of rotatable bonds is 8. The van der Waals surface area contributed by atoms with Gasteiger partial charge in [-0.15, -0.1) is 0 Å². The van der Waals surface area contributed by atoms with Crippen molar-refractivity contribution in [1.82, 2.24) is 14.3 Å². The van der Waals surface area contributed by atoms with Crippen LogP contribution in [0.1, 0.15) is 18.4 Å². The zero-order chi connectivity index (χ0) is 23.4. The molecule has 0 aliphatic carbocycles. The minimum absolute atomic E-state index is 0.00621. The number of nitrogens with zero attached hydrogens (tertiary/aromatic N) is 1. The molecule has 1 amide bonds. The van der Waals surface area contributed by atoms with E-state index >= 15 is 0 Å². The van der Waals surface area contributed by atoms with E-state index < -0.39 is 31.8 Å². The van der Waals surface area contributed by atoms with Gasteiger partial charge in [-0.2, -0.15) is 4.31 Å². The zero-order valence-electron chi connectivity index (χ0n) is 17.6.